The number of para-hydroxylation sites is 1. The molecule has 0 aliphatic carbocycles. The molecule has 106 valence electrons. The molecule has 3 N–H and O–H groups in total. The molecule has 20 heavy (non-hydrogen) atoms. The number of rotatable bonds is 2. The van der Waals surface area contributed by atoms with Gasteiger partial charge >= 0.3 is 6.18 Å². The minimum atomic E-state index is -4.42. The topological polar surface area (TPSA) is 38.0 Å². The number of nitrogens with one attached hydrogen (secondary N) is 1. The van der Waals surface area contributed by atoms with Crippen LogP contribution in [0.5, 0.6) is 0 Å². The average Bonchev–Trinajstić information content (AvgIpc) is 2.35. The third kappa shape index (κ3) is 2.99. The fourth-order valence-corrected chi connectivity index (χ4v) is 1.99. The fourth-order valence-electron chi connectivity index (χ4n) is 1.82. The number of nitrogens with two attached hydrogens (primary N) is 1. The van der Waals surface area contributed by atoms with Crippen LogP contribution in [-0.4, -0.2) is 0 Å². The predicted molar refractivity (Wildman–Crippen MR) is 75.3 cm³/mol. The zero-order valence-corrected chi connectivity index (χ0v) is 11.3. The summed E-state index contributed by atoms with van der Waals surface area (Å²) in [6.07, 6.45) is -4.42. The lowest BCUT2D eigenvalue weighted by Gasteiger charge is -2.16. The van der Waals surface area contributed by atoms with Crippen LogP contribution in [0, 0.1) is 6.92 Å². The lowest BCUT2D eigenvalue weighted by Crippen LogP contribution is -2.09. The summed E-state index contributed by atoms with van der Waals surface area (Å²) >= 11 is 5.89. The first-order valence-corrected chi connectivity index (χ1v) is 6.15. The molecule has 0 atom stereocenters. The van der Waals surface area contributed by atoms with Gasteiger partial charge in [0.15, 0.2) is 0 Å². The first-order valence-electron chi connectivity index (χ1n) is 5.78. The number of nitrogen functional groups attached to an aromatic ring is 1. The van der Waals surface area contributed by atoms with E-state index in [1.54, 1.807) is 13.0 Å². The van der Waals surface area contributed by atoms with E-state index in [9.17, 15) is 13.2 Å². The third-order valence-corrected chi connectivity index (χ3v) is 3.17. The van der Waals surface area contributed by atoms with Gasteiger partial charge in [-0.3, -0.25) is 0 Å². The summed E-state index contributed by atoms with van der Waals surface area (Å²) in [4.78, 5) is 0. The Hall–Kier alpha value is -1.88. The van der Waals surface area contributed by atoms with Crippen LogP contribution in [0.25, 0.3) is 0 Å². The molecule has 0 fully saturated rings. The quantitative estimate of drug-likeness (QED) is 0.767. The second-order valence-electron chi connectivity index (χ2n) is 4.36. The number of halogens is 4. The van der Waals surface area contributed by atoms with Crippen molar-refractivity contribution in [1.82, 2.24) is 0 Å². The molecule has 2 aromatic rings. The number of hydrogen-bond donors (Lipinski definition) is 2. The van der Waals surface area contributed by atoms with Gasteiger partial charge in [-0.1, -0.05) is 23.7 Å². The molecule has 0 saturated heterocycles. The van der Waals surface area contributed by atoms with Crippen LogP contribution in [0.1, 0.15) is 11.1 Å². The summed E-state index contributed by atoms with van der Waals surface area (Å²) in [5.74, 6) is 0. The Labute approximate surface area is 119 Å². The van der Waals surface area contributed by atoms with Crippen LogP contribution in [0.15, 0.2) is 36.4 Å². The summed E-state index contributed by atoms with van der Waals surface area (Å²) in [5, 5.41) is 3.05. The van der Waals surface area contributed by atoms with Crippen molar-refractivity contribution in [3.63, 3.8) is 0 Å². The van der Waals surface area contributed by atoms with Gasteiger partial charge in [0.2, 0.25) is 0 Å². The number of anilines is 3. The van der Waals surface area contributed by atoms with E-state index in [0.717, 1.165) is 6.07 Å². The van der Waals surface area contributed by atoms with Gasteiger partial charge in [0.25, 0.3) is 0 Å². The van der Waals surface area contributed by atoms with Crippen molar-refractivity contribution >= 4 is 28.7 Å². The fraction of sp³-hybridized carbons (Fsp3) is 0.143. The average molecular weight is 301 g/mol. The van der Waals surface area contributed by atoms with E-state index in [0.29, 0.717) is 22.0 Å². The first kappa shape index (κ1) is 14.5. The molecule has 2 rings (SSSR count). The molecular weight excluding hydrogens is 289 g/mol. The molecule has 6 heteroatoms. The number of hydrogen-bond acceptors (Lipinski definition) is 2. The molecule has 0 unspecified atom stereocenters. The van der Waals surface area contributed by atoms with Crippen molar-refractivity contribution in [3.05, 3.63) is 52.5 Å². The first-order chi connectivity index (χ1) is 9.29. The Morgan fingerprint density at radius 1 is 1.10 bits per heavy atom. The molecule has 0 aliphatic rings. The molecular formula is C14H12ClF3N2. The lowest BCUT2D eigenvalue weighted by molar-refractivity contribution is -0.136. The Bertz CT molecular complexity index is 639. The third-order valence-electron chi connectivity index (χ3n) is 2.85. The smallest absolute Gasteiger partial charge is 0.398 e. The highest BCUT2D eigenvalue weighted by atomic mass is 35.5. The maximum absolute atomic E-state index is 12.9. The van der Waals surface area contributed by atoms with Gasteiger partial charge in [-0.25, -0.2) is 0 Å². The summed E-state index contributed by atoms with van der Waals surface area (Å²) in [7, 11) is 0. The number of benzene rings is 2. The summed E-state index contributed by atoms with van der Waals surface area (Å²) < 4.78 is 38.7. The molecule has 2 aromatic carbocycles. The highest BCUT2D eigenvalue weighted by Gasteiger charge is 2.33. The van der Waals surface area contributed by atoms with Crippen LogP contribution < -0.4 is 11.1 Å². The SMILES string of the molecule is Cc1cc(N)c(Cl)cc1Nc1ccccc1C(F)(F)F. The van der Waals surface area contributed by atoms with E-state index in [2.05, 4.69) is 5.32 Å². The van der Waals surface area contributed by atoms with Crippen LogP contribution >= 0.6 is 11.6 Å². The van der Waals surface area contributed by atoms with Crippen LogP contribution in [0.2, 0.25) is 5.02 Å². The summed E-state index contributed by atoms with van der Waals surface area (Å²) in [5.41, 5.74) is 6.48. The van der Waals surface area contributed by atoms with E-state index < -0.39 is 11.7 Å². The van der Waals surface area contributed by atoms with E-state index in [1.807, 2.05) is 0 Å². The summed E-state index contributed by atoms with van der Waals surface area (Å²) in [6.45, 7) is 1.74. The van der Waals surface area contributed by atoms with E-state index in [-0.39, 0.29) is 5.69 Å². The summed E-state index contributed by atoms with van der Waals surface area (Å²) in [6, 6.07) is 8.39. The Morgan fingerprint density at radius 3 is 2.40 bits per heavy atom. The number of alkyl halides is 3. The van der Waals surface area contributed by atoms with Crippen molar-refractivity contribution in [2.24, 2.45) is 0 Å². The van der Waals surface area contributed by atoms with Gasteiger partial charge < -0.3 is 11.1 Å². The van der Waals surface area contributed by atoms with Gasteiger partial charge in [-0.15, -0.1) is 0 Å². The van der Waals surface area contributed by atoms with Crippen LogP contribution in [0.4, 0.5) is 30.2 Å². The second kappa shape index (κ2) is 5.25. The second-order valence-corrected chi connectivity index (χ2v) is 4.76. The maximum atomic E-state index is 12.9. The van der Waals surface area contributed by atoms with Gasteiger partial charge in [-0.05, 0) is 36.8 Å². The Morgan fingerprint density at radius 2 is 1.75 bits per heavy atom. The molecule has 0 radical (unpaired) electrons. The maximum Gasteiger partial charge on any atom is 0.418 e. The van der Waals surface area contributed by atoms with E-state index in [4.69, 9.17) is 17.3 Å². The Balaban J connectivity index is 2.43. The standard InChI is InChI=1S/C14H12ClF3N2/c1-8-6-11(19)10(15)7-13(8)20-12-5-3-2-4-9(12)14(16,17)18/h2-7,20H,19H2,1H3. The molecule has 0 amide bonds. The van der Waals surface area contributed by atoms with Crippen molar-refractivity contribution in [3.8, 4) is 0 Å². The van der Waals surface area contributed by atoms with E-state index in [1.165, 1.54) is 24.3 Å². The largest absolute Gasteiger partial charge is 0.418 e. The molecule has 0 aliphatic heterocycles. The minimum Gasteiger partial charge on any atom is -0.398 e. The van der Waals surface area contributed by atoms with Crippen molar-refractivity contribution in [2.75, 3.05) is 11.1 Å². The van der Waals surface area contributed by atoms with Crippen molar-refractivity contribution in [2.45, 2.75) is 13.1 Å². The predicted octanol–water partition coefficient (Wildman–Crippen LogP) is 4.99. The minimum absolute atomic E-state index is 0.0241. The van der Waals surface area contributed by atoms with Crippen LogP contribution in [-0.2, 0) is 6.18 Å². The van der Waals surface area contributed by atoms with Crippen LogP contribution in [0.3, 0.4) is 0 Å². The number of aryl methyl sites for hydroxylation is 1. The van der Waals surface area contributed by atoms with E-state index >= 15 is 0 Å². The molecule has 0 bridgehead atoms. The zero-order chi connectivity index (χ0) is 14.9. The molecule has 0 aromatic heterocycles. The molecule has 0 saturated carbocycles. The Kier molecular flexibility index (Phi) is 3.81. The highest BCUT2D eigenvalue weighted by molar-refractivity contribution is 6.33. The molecule has 0 spiro atoms. The molecule has 2 nitrogen and oxygen atoms in total. The van der Waals surface area contributed by atoms with Gasteiger partial charge in [0, 0.05) is 5.69 Å². The monoisotopic (exact) mass is 300 g/mol. The highest BCUT2D eigenvalue weighted by Crippen LogP contribution is 2.37. The van der Waals surface area contributed by atoms with Crippen molar-refractivity contribution < 1.29 is 13.2 Å². The lowest BCUT2D eigenvalue weighted by atomic mass is 10.1. The normalized spacial score (nSPS) is 11.4. The zero-order valence-electron chi connectivity index (χ0n) is 10.6. The molecule has 0 heterocycles. The van der Waals surface area contributed by atoms with Gasteiger partial charge in [0.05, 0.1) is 22.0 Å². The van der Waals surface area contributed by atoms with Gasteiger partial charge in [-0.2, -0.15) is 13.2 Å². The van der Waals surface area contributed by atoms with Gasteiger partial charge in [0.1, 0.15) is 0 Å². The van der Waals surface area contributed by atoms with Crippen molar-refractivity contribution in [1.29, 1.82) is 0 Å².